The van der Waals surface area contributed by atoms with E-state index in [4.69, 9.17) is 9.47 Å². The SMILES string of the molecule is CC1=C(F)C(F)(c2ccsc2C2OC=CO2)C(F)(F)C1(F)F. The van der Waals surface area contributed by atoms with E-state index in [1.54, 1.807) is 0 Å². The molecular formula is C13H8F6O2S. The van der Waals surface area contributed by atoms with E-state index in [2.05, 4.69) is 0 Å². The fraction of sp³-hybridized carbons (Fsp3) is 0.385. The van der Waals surface area contributed by atoms with Crippen LogP contribution in [0.25, 0.3) is 0 Å². The van der Waals surface area contributed by atoms with Gasteiger partial charge in [-0.15, -0.1) is 11.3 Å². The molecule has 22 heavy (non-hydrogen) atoms. The van der Waals surface area contributed by atoms with Crippen LogP contribution in [-0.4, -0.2) is 11.8 Å². The molecule has 0 spiro atoms. The molecule has 0 N–H and O–H groups in total. The summed E-state index contributed by atoms with van der Waals surface area (Å²) in [6.07, 6.45) is 0.885. The summed E-state index contributed by atoms with van der Waals surface area (Å²) < 4.78 is 94.0. The van der Waals surface area contributed by atoms with E-state index in [1.807, 2.05) is 0 Å². The van der Waals surface area contributed by atoms with Gasteiger partial charge in [-0.3, -0.25) is 0 Å². The van der Waals surface area contributed by atoms with Crippen molar-refractivity contribution in [3.05, 3.63) is 45.8 Å². The molecule has 2 nitrogen and oxygen atoms in total. The van der Waals surface area contributed by atoms with E-state index >= 15 is 0 Å². The molecule has 1 atom stereocenters. The molecule has 9 heteroatoms. The summed E-state index contributed by atoms with van der Waals surface area (Å²) in [5.74, 6) is -12.4. The van der Waals surface area contributed by atoms with Gasteiger partial charge in [-0.2, -0.15) is 17.6 Å². The van der Waals surface area contributed by atoms with E-state index in [1.165, 1.54) is 5.38 Å². The maximum absolute atomic E-state index is 14.9. The predicted octanol–water partition coefficient (Wildman–Crippen LogP) is 4.96. The molecule has 1 aromatic rings. The van der Waals surface area contributed by atoms with Crippen molar-refractivity contribution in [3.63, 3.8) is 0 Å². The van der Waals surface area contributed by atoms with Crippen LogP contribution in [0.15, 0.2) is 35.4 Å². The van der Waals surface area contributed by atoms with Crippen LogP contribution in [0.5, 0.6) is 0 Å². The van der Waals surface area contributed by atoms with E-state index in [-0.39, 0.29) is 4.88 Å². The lowest BCUT2D eigenvalue weighted by Gasteiger charge is -2.31. The molecule has 2 aliphatic rings. The lowest BCUT2D eigenvalue weighted by molar-refractivity contribution is -0.235. The molecule has 3 rings (SSSR count). The average molecular weight is 342 g/mol. The molecule has 0 fully saturated rings. The molecule has 1 aliphatic carbocycles. The monoisotopic (exact) mass is 342 g/mol. The quantitative estimate of drug-likeness (QED) is 0.708. The third-order valence-electron chi connectivity index (χ3n) is 3.67. The fourth-order valence-corrected chi connectivity index (χ4v) is 3.33. The highest BCUT2D eigenvalue weighted by Crippen LogP contribution is 2.64. The molecule has 1 unspecified atom stereocenters. The van der Waals surface area contributed by atoms with Gasteiger partial charge in [0, 0.05) is 11.1 Å². The number of alkyl halides is 5. The van der Waals surface area contributed by atoms with Gasteiger partial charge in [0.2, 0.25) is 0 Å². The predicted molar refractivity (Wildman–Crippen MR) is 64.9 cm³/mol. The van der Waals surface area contributed by atoms with Crippen molar-refractivity contribution in [2.75, 3.05) is 0 Å². The van der Waals surface area contributed by atoms with Crippen molar-refractivity contribution in [1.82, 2.24) is 0 Å². The Hall–Kier alpha value is -1.64. The summed E-state index contributed by atoms with van der Waals surface area (Å²) in [4.78, 5) is -0.243. The van der Waals surface area contributed by atoms with Crippen molar-refractivity contribution >= 4 is 11.3 Å². The van der Waals surface area contributed by atoms with Gasteiger partial charge in [-0.25, -0.2) is 8.78 Å². The van der Waals surface area contributed by atoms with E-state index in [9.17, 15) is 26.3 Å². The second-order valence-electron chi connectivity index (χ2n) is 4.82. The zero-order chi connectivity index (χ0) is 16.3. The summed E-state index contributed by atoms with van der Waals surface area (Å²) in [5, 5.41) is 1.17. The maximum atomic E-state index is 14.9. The first kappa shape index (κ1) is 15.3. The van der Waals surface area contributed by atoms with Gasteiger partial charge in [0.1, 0.15) is 12.5 Å². The number of rotatable bonds is 2. The van der Waals surface area contributed by atoms with Crippen molar-refractivity contribution in [2.45, 2.75) is 30.7 Å². The summed E-state index contributed by atoms with van der Waals surface area (Å²) in [6.45, 7) is 0.445. The minimum Gasteiger partial charge on any atom is -0.454 e. The number of thiophene rings is 1. The molecule has 2 heterocycles. The lowest BCUT2D eigenvalue weighted by atomic mass is 9.90. The van der Waals surface area contributed by atoms with E-state index in [0.29, 0.717) is 6.92 Å². The Kier molecular flexibility index (Phi) is 3.08. The molecule has 1 aliphatic heterocycles. The van der Waals surface area contributed by atoms with E-state index in [0.717, 1.165) is 29.9 Å². The van der Waals surface area contributed by atoms with Gasteiger partial charge < -0.3 is 9.47 Å². The maximum Gasteiger partial charge on any atom is 0.358 e. The third-order valence-corrected chi connectivity index (χ3v) is 4.61. The molecule has 0 aromatic carbocycles. The third kappa shape index (κ3) is 1.57. The zero-order valence-corrected chi connectivity index (χ0v) is 11.7. The summed E-state index contributed by atoms with van der Waals surface area (Å²) >= 11 is 0.739. The first-order valence-corrected chi connectivity index (χ1v) is 6.89. The van der Waals surface area contributed by atoms with Crippen molar-refractivity contribution < 1.29 is 35.8 Å². The minimum atomic E-state index is -5.27. The highest BCUT2D eigenvalue weighted by Gasteiger charge is 2.79. The Labute approximate surface area is 124 Å². The van der Waals surface area contributed by atoms with Gasteiger partial charge in [0.15, 0.2) is 5.83 Å². The summed E-state index contributed by atoms with van der Waals surface area (Å²) in [7, 11) is 0. The Balaban J connectivity index is 2.17. The standard InChI is InChI=1S/C13H8F6O2S/c1-6-9(14)11(15,13(18,19)12(6,16)17)7-2-5-22-8(7)10-20-3-4-21-10/h2-5,10H,1H3. The first-order chi connectivity index (χ1) is 10.2. The Morgan fingerprint density at radius 1 is 1.09 bits per heavy atom. The van der Waals surface area contributed by atoms with Crippen molar-refractivity contribution in [1.29, 1.82) is 0 Å². The summed E-state index contributed by atoms with van der Waals surface area (Å²) in [6, 6.07) is 0.827. The largest absolute Gasteiger partial charge is 0.454 e. The second-order valence-corrected chi connectivity index (χ2v) is 5.77. The number of halogens is 6. The van der Waals surface area contributed by atoms with E-state index < -0.39 is 40.8 Å². The molecule has 0 radical (unpaired) electrons. The Morgan fingerprint density at radius 2 is 1.68 bits per heavy atom. The van der Waals surface area contributed by atoms with Crippen molar-refractivity contribution in [3.8, 4) is 0 Å². The normalized spacial score (nSPS) is 29.8. The molecule has 1 aromatic heterocycles. The molecule has 0 bridgehead atoms. The van der Waals surface area contributed by atoms with Crippen molar-refractivity contribution in [2.24, 2.45) is 0 Å². The van der Waals surface area contributed by atoms with Gasteiger partial charge in [-0.05, 0) is 18.4 Å². The lowest BCUT2D eigenvalue weighted by Crippen LogP contribution is -2.49. The Morgan fingerprint density at radius 3 is 2.18 bits per heavy atom. The van der Waals surface area contributed by atoms with Crippen LogP contribution >= 0.6 is 11.3 Å². The van der Waals surface area contributed by atoms with Crippen LogP contribution in [-0.2, 0) is 15.1 Å². The van der Waals surface area contributed by atoms with Crippen LogP contribution in [0.4, 0.5) is 26.3 Å². The smallest absolute Gasteiger partial charge is 0.358 e. The topological polar surface area (TPSA) is 18.5 Å². The van der Waals surface area contributed by atoms with Gasteiger partial charge in [-0.1, -0.05) is 0 Å². The average Bonchev–Trinajstić information content (AvgIpc) is 3.15. The number of hydrogen-bond acceptors (Lipinski definition) is 3. The number of ether oxygens (including phenoxy) is 2. The molecular weight excluding hydrogens is 334 g/mol. The second kappa shape index (κ2) is 4.43. The molecule has 0 saturated heterocycles. The Bertz CT molecular complexity index is 672. The van der Waals surface area contributed by atoms with Gasteiger partial charge in [0.25, 0.3) is 12.0 Å². The fourth-order valence-electron chi connectivity index (χ4n) is 2.42. The van der Waals surface area contributed by atoms with Crippen LogP contribution in [0.2, 0.25) is 0 Å². The highest BCUT2D eigenvalue weighted by atomic mass is 32.1. The molecule has 0 amide bonds. The number of allylic oxidation sites excluding steroid dienone is 2. The van der Waals surface area contributed by atoms with Crippen LogP contribution in [0, 0.1) is 0 Å². The number of hydrogen-bond donors (Lipinski definition) is 0. The van der Waals surface area contributed by atoms with Gasteiger partial charge in [0.05, 0.1) is 4.88 Å². The van der Waals surface area contributed by atoms with Crippen LogP contribution < -0.4 is 0 Å². The van der Waals surface area contributed by atoms with Crippen LogP contribution in [0.1, 0.15) is 23.7 Å². The van der Waals surface area contributed by atoms with Gasteiger partial charge >= 0.3 is 11.8 Å². The highest BCUT2D eigenvalue weighted by molar-refractivity contribution is 7.10. The first-order valence-electron chi connectivity index (χ1n) is 6.01. The zero-order valence-electron chi connectivity index (χ0n) is 10.9. The van der Waals surface area contributed by atoms with Crippen LogP contribution in [0.3, 0.4) is 0 Å². The minimum absolute atomic E-state index is 0.243. The molecule has 120 valence electrons. The summed E-state index contributed by atoms with van der Waals surface area (Å²) in [5.41, 5.74) is -6.82. The molecule has 0 saturated carbocycles.